The van der Waals surface area contributed by atoms with Crippen LogP contribution in [0.5, 0.6) is 0 Å². The Morgan fingerprint density at radius 1 is 1.06 bits per heavy atom. The lowest BCUT2D eigenvalue weighted by Crippen LogP contribution is -2.36. The first-order chi connectivity index (χ1) is 8.49. The van der Waals surface area contributed by atoms with Gasteiger partial charge in [-0.1, -0.05) is 20.3 Å². The van der Waals surface area contributed by atoms with E-state index in [-0.39, 0.29) is 5.54 Å². The normalized spacial score (nSPS) is 31.1. The molecule has 1 unspecified atom stereocenters. The Labute approximate surface area is 114 Å². The van der Waals surface area contributed by atoms with Crippen LogP contribution in [0.3, 0.4) is 0 Å². The molecule has 0 aliphatic heterocycles. The molecule has 3 heteroatoms. The monoisotopic (exact) mass is 264 g/mol. The molecule has 1 atom stereocenters. The molecule has 2 N–H and O–H groups in total. The van der Waals surface area contributed by atoms with Crippen molar-refractivity contribution in [1.29, 1.82) is 0 Å². The summed E-state index contributed by atoms with van der Waals surface area (Å²) in [4.78, 5) is 6.38. The summed E-state index contributed by atoms with van der Waals surface area (Å²) in [6, 6.07) is 0. The van der Waals surface area contributed by atoms with E-state index in [1.807, 2.05) is 11.3 Å². The number of aromatic nitrogens is 1. The van der Waals surface area contributed by atoms with Gasteiger partial charge >= 0.3 is 0 Å². The molecule has 0 radical (unpaired) electrons. The van der Waals surface area contributed by atoms with Crippen LogP contribution < -0.4 is 5.73 Å². The lowest BCUT2D eigenvalue weighted by Gasteiger charge is -2.27. The van der Waals surface area contributed by atoms with E-state index >= 15 is 0 Å². The van der Waals surface area contributed by atoms with Crippen molar-refractivity contribution >= 4 is 11.3 Å². The topological polar surface area (TPSA) is 38.9 Å². The van der Waals surface area contributed by atoms with E-state index in [2.05, 4.69) is 13.8 Å². The van der Waals surface area contributed by atoms with Crippen LogP contribution in [-0.2, 0) is 18.4 Å². The first-order valence-corrected chi connectivity index (χ1v) is 8.08. The molecule has 0 bridgehead atoms. The number of hydrogen-bond donors (Lipinski definition) is 1. The first kappa shape index (κ1) is 12.6. The molecule has 3 rings (SSSR count). The summed E-state index contributed by atoms with van der Waals surface area (Å²) in [5.74, 6) is 0. The predicted molar refractivity (Wildman–Crippen MR) is 76.9 cm³/mol. The van der Waals surface area contributed by atoms with Gasteiger partial charge in [0.05, 0.1) is 11.2 Å². The van der Waals surface area contributed by atoms with Gasteiger partial charge in [0.15, 0.2) is 0 Å². The lowest BCUT2D eigenvalue weighted by molar-refractivity contribution is 0.299. The van der Waals surface area contributed by atoms with Gasteiger partial charge in [0.25, 0.3) is 0 Å². The van der Waals surface area contributed by atoms with Crippen molar-refractivity contribution in [2.75, 3.05) is 0 Å². The predicted octanol–water partition coefficient (Wildman–Crippen LogP) is 3.78. The van der Waals surface area contributed by atoms with Crippen molar-refractivity contribution in [3.63, 3.8) is 0 Å². The highest BCUT2D eigenvalue weighted by atomic mass is 32.1. The molecule has 100 valence electrons. The molecule has 1 saturated carbocycles. The zero-order chi connectivity index (χ0) is 12.8. The Morgan fingerprint density at radius 3 is 2.67 bits per heavy atom. The minimum Gasteiger partial charge on any atom is -0.319 e. The maximum Gasteiger partial charge on any atom is 0.113 e. The number of aryl methyl sites for hydroxylation is 2. The fourth-order valence-corrected chi connectivity index (χ4v) is 4.62. The number of thiazole rings is 1. The Bertz CT molecular complexity index is 428. The van der Waals surface area contributed by atoms with Crippen LogP contribution in [0.25, 0.3) is 0 Å². The molecule has 2 aliphatic rings. The van der Waals surface area contributed by atoms with Crippen molar-refractivity contribution < 1.29 is 0 Å². The number of hydrogen-bond acceptors (Lipinski definition) is 3. The largest absolute Gasteiger partial charge is 0.319 e. The third kappa shape index (κ3) is 2.23. The Hall–Kier alpha value is -0.410. The third-order valence-corrected chi connectivity index (χ3v) is 6.12. The SMILES string of the molecule is CC1(C)CCCC(N)(c2nc3c(s2)CCC3)CC1. The number of nitrogens with two attached hydrogens (primary N) is 1. The highest BCUT2D eigenvalue weighted by Crippen LogP contribution is 2.43. The van der Waals surface area contributed by atoms with E-state index < -0.39 is 0 Å². The molecule has 0 aromatic carbocycles. The van der Waals surface area contributed by atoms with Gasteiger partial charge in [-0.3, -0.25) is 0 Å². The van der Waals surface area contributed by atoms with Crippen LogP contribution in [0.4, 0.5) is 0 Å². The van der Waals surface area contributed by atoms with Crippen molar-refractivity contribution in [2.24, 2.45) is 11.1 Å². The molecule has 1 heterocycles. The van der Waals surface area contributed by atoms with Gasteiger partial charge in [-0.05, 0) is 50.4 Å². The maximum atomic E-state index is 6.71. The van der Waals surface area contributed by atoms with E-state index in [0.717, 1.165) is 12.8 Å². The highest BCUT2D eigenvalue weighted by Gasteiger charge is 2.37. The summed E-state index contributed by atoms with van der Waals surface area (Å²) in [5, 5.41) is 1.23. The standard InChI is InChI=1S/C15H24N2S/c1-14(2)7-4-8-15(16,10-9-14)13-17-11-5-3-6-12(11)18-13/h3-10,16H2,1-2H3. The first-order valence-electron chi connectivity index (χ1n) is 7.27. The van der Waals surface area contributed by atoms with Gasteiger partial charge < -0.3 is 5.73 Å². The molecular weight excluding hydrogens is 240 g/mol. The van der Waals surface area contributed by atoms with Gasteiger partial charge in [0.2, 0.25) is 0 Å². The van der Waals surface area contributed by atoms with E-state index in [1.54, 1.807) is 0 Å². The summed E-state index contributed by atoms with van der Waals surface area (Å²) in [7, 11) is 0. The number of fused-ring (bicyclic) bond motifs is 1. The van der Waals surface area contributed by atoms with Gasteiger partial charge in [0, 0.05) is 4.88 Å². The van der Waals surface area contributed by atoms with E-state index in [1.165, 1.54) is 54.1 Å². The van der Waals surface area contributed by atoms with E-state index in [4.69, 9.17) is 10.7 Å². The van der Waals surface area contributed by atoms with Crippen LogP contribution >= 0.6 is 11.3 Å². The molecule has 0 spiro atoms. The Morgan fingerprint density at radius 2 is 1.89 bits per heavy atom. The van der Waals surface area contributed by atoms with Crippen LogP contribution in [0, 0.1) is 5.41 Å². The lowest BCUT2D eigenvalue weighted by atomic mass is 9.84. The van der Waals surface area contributed by atoms with Crippen molar-refractivity contribution in [3.8, 4) is 0 Å². The molecular formula is C15H24N2S. The maximum absolute atomic E-state index is 6.71. The second-order valence-corrected chi connectivity index (χ2v) is 8.00. The Balaban J connectivity index is 1.85. The molecule has 0 saturated heterocycles. The van der Waals surface area contributed by atoms with Gasteiger partial charge in [-0.2, -0.15) is 0 Å². The summed E-state index contributed by atoms with van der Waals surface area (Å²) in [6.07, 6.45) is 9.69. The number of rotatable bonds is 1. The van der Waals surface area contributed by atoms with E-state index in [0.29, 0.717) is 5.41 Å². The van der Waals surface area contributed by atoms with Gasteiger partial charge in [0.1, 0.15) is 5.01 Å². The van der Waals surface area contributed by atoms with Crippen molar-refractivity contribution in [2.45, 2.75) is 70.8 Å². The zero-order valence-corrected chi connectivity index (χ0v) is 12.4. The Kier molecular flexibility index (Phi) is 3.02. The van der Waals surface area contributed by atoms with Crippen LogP contribution in [0.1, 0.15) is 68.0 Å². The van der Waals surface area contributed by atoms with Crippen LogP contribution in [0.2, 0.25) is 0 Å². The quantitative estimate of drug-likeness (QED) is 0.784. The summed E-state index contributed by atoms with van der Waals surface area (Å²) < 4.78 is 0. The zero-order valence-electron chi connectivity index (χ0n) is 11.6. The smallest absolute Gasteiger partial charge is 0.113 e. The average molecular weight is 264 g/mol. The van der Waals surface area contributed by atoms with Gasteiger partial charge in [-0.15, -0.1) is 11.3 Å². The van der Waals surface area contributed by atoms with E-state index in [9.17, 15) is 0 Å². The molecule has 2 nitrogen and oxygen atoms in total. The molecule has 2 aliphatic carbocycles. The summed E-state index contributed by atoms with van der Waals surface area (Å²) >= 11 is 1.90. The molecule has 0 amide bonds. The van der Waals surface area contributed by atoms with Crippen LogP contribution in [0.15, 0.2) is 0 Å². The minimum atomic E-state index is -0.136. The average Bonchev–Trinajstić information content (AvgIpc) is 2.83. The minimum absolute atomic E-state index is 0.136. The molecule has 18 heavy (non-hydrogen) atoms. The second kappa shape index (κ2) is 4.31. The molecule has 1 aromatic heterocycles. The molecule has 1 aromatic rings. The molecule has 1 fully saturated rings. The van der Waals surface area contributed by atoms with Crippen molar-refractivity contribution in [1.82, 2.24) is 4.98 Å². The highest BCUT2D eigenvalue weighted by molar-refractivity contribution is 7.12. The van der Waals surface area contributed by atoms with Crippen molar-refractivity contribution in [3.05, 3.63) is 15.6 Å². The number of nitrogens with zero attached hydrogens (tertiary/aromatic N) is 1. The second-order valence-electron chi connectivity index (χ2n) is 6.92. The van der Waals surface area contributed by atoms with Crippen LogP contribution in [-0.4, -0.2) is 4.98 Å². The summed E-state index contributed by atoms with van der Waals surface area (Å²) in [6.45, 7) is 4.75. The fourth-order valence-electron chi connectivity index (χ4n) is 3.31. The summed E-state index contributed by atoms with van der Waals surface area (Å²) in [5.41, 5.74) is 8.38. The third-order valence-electron chi connectivity index (χ3n) is 4.75. The van der Waals surface area contributed by atoms with Gasteiger partial charge in [-0.25, -0.2) is 4.98 Å². The fraction of sp³-hybridized carbons (Fsp3) is 0.800.